The number of rotatable bonds is 2. The minimum atomic E-state index is 0.890. The van der Waals surface area contributed by atoms with E-state index in [1.54, 1.807) is 0 Å². The van der Waals surface area contributed by atoms with Crippen LogP contribution in [0.2, 0.25) is 0 Å². The first-order valence-electron chi connectivity index (χ1n) is 6.53. The van der Waals surface area contributed by atoms with Crippen molar-refractivity contribution in [3.05, 3.63) is 65.5 Å². The molecule has 1 heteroatoms. The highest BCUT2D eigenvalue weighted by Gasteiger charge is 1.99. The molecule has 96 valence electrons. The van der Waals surface area contributed by atoms with Crippen LogP contribution in [-0.4, -0.2) is 0 Å². The molecule has 0 N–H and O–H groups in total. The first kappa shape index (κ1) is 14.3. The lowest BCUT2D eigenvalue weighted by atomic mass is 10.2. The predicted molar refractivity (Wildman–Crippen MR) is 78.8 cm³/mol. The molecule has 0 heterocycles. The van der Waals surface area contributed by atoms with Gasteiger partial charge >= 0.3 is 0 Å². The Kier molecular flexibility index (Phi) is 5.99. The van der Waals surface area contributed by atoms with Gasteiger partial charge in [-0.2, -0.15) is 0 Å². The van der Waals surface area contributed by atoms with Crippen molar-refractivity contribution in [3.8, 4) is 5.75 Å². The third kappa shape index (κ3) is 4.62. The van der Waals surface area contributed by atoms with Crippen molar-refractivity contribution in [2.24, 2.45) is 0 Å². The molecule has 1 aliphatic carbocycles. The quantitative estimate of drug-likeness (QED) is 0.693. The second-order valence-corrected chi connectivity index (χ2v) is 4.04. The van der Waals surface area contributed by atoms with Crippen LogP contribution < -0.4 is 4.74 Å². The summed E-state index contributed by atoms with van der Waals surface area (Å²) in [5.74, 6) is 1.80. The lowest BCUT2D eigenvalue weighted by Crippen LogP contribution is -1.91. The SMILES string of the molecule is CC.CC1=CCC=C(Oc2ccc(C)cc2)C=C1. The first-order valence-corrected chi connectivity index (χ1v) is 6.53. The van der Waals surface area contributed by atoms with Crippen molar-refractivity contribution in [2.75, 3.05) is 0 Å². The summed E-state index contributed by atoms with van der Waals surface area (Å²) < 4.78 is 5.78. The molecule has 1 aromatic rings. The van der Waals surface area contributed by atoms with Gasteiger partial charge in [0.15, 0.2) is 0 Å². The smallest absolute Gasteiger partial charge is 0.127 e. The lowest BCUT2D eigenvalue weighted by molar-refractivity contribution is 0.442. The highest BCUT2D eigenvalue weighted by molar-refractivity contribution is 5.33. The van der Waals surface area contributed by atoms with Gasteiger partial charge < -0.3 is 4.74 Å². The summed E-state index contributed by atoms with van der Waals surface area (Å²) in [6, 6.07) is 8.10. The normalized spacial score (nSPS) is 13.8. The average molecular weight is 242 g/mol. The Balaban J connectivity index is 0.000000771. The second kappa shape index (κ2) is 7.54. The highest BCUT2D eigenvalue weighted by Crippen LogP contribution is 2.17. The van der Waals surface area contributed by atoms with E-state index in [0.717, 1.165) is 17.9 Å². The van der Waals surface area contributed by atoms with E-state index in [1.807, 2.05) is 32.1 Å². The van der Waals surface area contributed by atoms with E-state index in [-0.39, 0.29) is 0 Å². The molecule has 0 bridgehead atoms. The van der Waals surface area contributed by atoms with Gasteiger partial charge in [-0.1, -0.05) is 49.3 Å². The summed E-state index contributed by atoms with van der Waals surface area (Å²) in [6.07, 6.45) is 9.29. The second-order valence-electron chi connectivity index (χ2n) is 4.04. The molecule has 0 unspecified atom stereocenters. The Morgan fingerprint density at radius 1 is 0.889 bits per heavy atom. The van der Waals surface area contributed by atoms with E-state index in [9.17, 15) is 0 Å². The van der Waals surface area contributed by atoms with Crippen LogP contribution in [0.1, 0.15) is 32.8 Å². The van der Waals surface area contributed by atoms with Gasteiger partial charge in [0.1, 0.15) is 11.5 Å². The number of ether oxygens (including phenoxy) is 1. The van der Waals surface area contributed by atoms with Crippen LogP contribution in [0.15, 0.2) is 59.9 Å². The van der Waals surface area contributed by atoms with Gasteiger partial charge in [-0.15, -0.1) is 0 Å². The Morgan fingerprint density at radius 3 is 2.22 bits per heavy atom. The Hall–Kier alpha value is -1.76. The number of hydrogen-bond donors (Lipinski definition) is 0. The average Bonchev–Trinajstić information content (AvgIpc) is 2.60. The van der Waals surface area contributed by atoms with Crippen molar-refractivity contribution < 1.29 is 4.74 Å². The summed E-state index contributed by atoms with van der Waals surface area (Å²) in [5, 5.41) is 0. The molecule has 0 aromatic heterocycles. The van der Waals surface area contributed by atoms with Crippen molar-refractivity contribution >= 4 is 0 Å². The van der Waals surface area contributed by atoms with Crippen molar-refractivity contribution in [1.29, 1.82) is 0 Å². The van der Waals surface area contributed by atoms with E-state index < -0.39 is 0 Å². The van der Waals surface area contributed by atoms with Crippen LogP contribution in [0.3, 0.4) is 0 Å². The summed E-state index contributed by atoms with van der Waals surface area (Å²) in [7, 11) is 0. The molecule has 1 nitrogen and oxygen atoms in total. The standard InChI is InChI=1S/C15H16O.C2H6/c1-12-4-3-5-14(9-6-12)16-15-10-7-13(2)8-11-15;1-2/h4-11H,3H2,1-2H3;1-2H3. The van der Waals surface area contributed by atoms with Crippen molar-refractivity contribution in [2.45, 2.75) is 34.1 Å². The maximum absolute atomic E-state index is 5.78. The van der Waals surface area contributed by atoms with Gasteiger partial charge in [0.05, 0.1) is 0 Å². The third-order valence-corrected chi connectivity index (χ3v) is 2.53. The van der Waals surface area contributed by atoms with Gasteiger partial charge in [-0.3, -0.25) is 0 Å². The Morgan fingerprint density at radius 2 is 1.56 bits per heavy atom. The number of benzene rings is 1. The van der Waals surface area contributed by atoms with E-state index >= 15 is 0 Å². The van der Waals surface area contributed by atoms with E-state index in [0.29, 0.717) is 0 Å². The molecule has 2 rings (SSSR count). The van der Waals surface area contributed by atoms with Crippen molar-refractivity contribution in [1.82, 2.24) is 0 Å². The first-order chi connectivity index (χ1) is 8.74. The Labute approximate surface area is 110 Å². The maximum atomic E-state index is 5.78. The number of allylic oxidation sites excluding steroid dienone is 5. The minimum Gasteiger partial charge on any atom is -0.458 e. The Bertz CT molecular complexity index is 447. The summed E-state index contributed by atoms with van der Waals surface area (Å²) in [4.78, 5) is 0. The van der Waals surface area contributed by atoms with Gasteiger partial charge in [0, 0.05) is 0 Å². The molecule has 1 aromatic carbocycles. The third-order valence-electron chi connectivity index (χ3n) is 2.53. The van der Waals surface area contributed by atoms with Gasteiger partial charge in [-0.25, -0.2) is 0 Å². The fourth-order valence-corrected chi connectivity index (χ4v) is 1.53. The number of hydrogen-bond acceptors (Lipinski definition) is 1. The van der Waals surface area contributed by atoms with Crippen LogP contribution >= 0.6 is 0 Å². The monoisotopic (exact) mass is 242 g/mol. The predicted octanol–water partition coefficient (Wildman–Crippen LogP) is 5.19. The molecule has 0 spiro atoms. The molecule has 0 amide bonds. The van der Waals surface area contributed by atoms with Crippen LogP contribution in [0, 0.1) is 6.92 Å². The van der Waals surface area contributed by atoms with E-state index in [4.69, 9.17) is 4.74 Å². The van der Waals surface area contributed by atoms with Crippen LogP contribution in [-0.2, 0) is 0 Å². The summed E-state index contributed by atoms with van der Waals surface area (Å²) >= 11 is 0. The topological polar surface area (TPSA) is 9.23 Å². The van der Waals surface area contributed by atoms with Crippen molar-refractivity contribution in [3.63, 3.8) is 0 Å². The van der Waals surface area contributed by atoms with E-state index in [1.165, 1.54) is 11.1 Å². The minimum absolute atomic E-state index is 0.890. The zero-order chi connectivity index (χ0) is 13.4. The summed E-state index contributed by atoms with van der Waals surface area (Å²) in [6.45, 7) is 8.17. The van der Waals surface area contributed by atoms with Crippen LogP contribution in [0.4, 0.5) is 0 Å². The van der Waals surface area contributed by atoms with Crippen LogP contribution in [0.5, 0.6) is 5.75 Å². The molecular formula is C17H22O. The fourth-order valence-electron chi connectivity index (χ4n) is 1.53. The van der Waals surface area contributed by atoms with Gasteiger partial charge in [0.2, 0.25) is 0 Å². The number of aryl methyl sites for hydroxylation is 1. The fraction of sp³-hybridized carbons (Fsp3) is 0.294. The van der Waals surface area contributed by atoms with Crippen LogP contribution in [0.25, 0.3) is 0 Å². The summed E-state index contributed by atoms with van der Waals surface area (Å²) in [5.41, 5.74) is 2.52. The molecule has 0 atom stereocenters. The molecule has 0 radical (unpaired) electrons. The molecule has 18 heavy (non-hydrogen) atoms. The highest BCUT2D eigenvalue weighted by atomic mass is 16.5. The maximum Gasteiger partial charge on any atom is 0.127 e. The zero-order valence-corrected chi connectivity index (χ0v) is 11.7. The van der Waals surface area contributed by atoms with Gasteiger partial charge in [0.25, 0.3) is 0 Å². The zero-order valence-electron chi connectivity index (χ0n) is 11.7. The molecule has 0 aliphatic heterocycles. The molecule has 1 aliphatic rings. The van der Waals surface area contributed by atoms with Gasteiger partial charge in [-0.05, 0) is 44.6 Å². The largest absolute Gasteiger partial charge is 0.458 e. The molecule has 0 saturated heterocycles. The van der Waals surface area contributed by atoms with E-state index in [2.05, 4.69) is 44.2 Å². The molecule has 0 fully saturated rings. The molecular weight excluding hydrogens is 220 g/mol. The lowest BCUT2D eigenvalue weighted by Gasteiger charge is -2.06. The molecule has 0 saturated carbocycles.